The van der Waals surface area contributed by atoms with E-state index in [2.05, 4.69) is 17.1 Å². The highest BCUT2D eigenvalue weighted by molar-refractivity contribution is 7.89. The van der Waals surface area contributed by atoms with Crippen LogP contribution in [-0.4, -0.2) is 111 Å². The first kappa shape index (κ1) is 30.8. The molecule has 0 radical (unpaired) electrons. The van der Waals surface area contributed by atoms with Gasteiger partial charge in [-0.25, -0.2) is 13.2 Å². The van der Waals surface area contributed by atoms with Gasteiger partial charge in [0.15, 0.2) is 0 Å². The maximum absolute atomic E-state index is 13.5. The van der Waals surface area contributed by atoms with Gasteiger partial charge < -0.3 is 20.1 Å². The van der Waals surface area contributed by atoms with E-state index in [1.54, 1.807) is 29.2 Å². The molecule has 2 N–H and O–H groups in total. The molecule has 1 atom stereocenters. The number of carbonyl (C=O) groups excluding carboxylic acids is 1. The van der Waals surface area contributed by atoms with Crippen LogP contribution < -0.4 is 10.1 Å². The maximum Gasteiger partial charge on any atom is 0.490 e. The standard InChI is InChI=1S/C21H34N4O4S.C2HF3O2/c1-3-23-13-5-6-18(23)16-25(17-21(26)24-14-11-22-12-15-24)30(27,28)20-9-7-19(8-10-20)29-4-2;3-2(4,5)1(6)7/h7-10,18,22H,3-6,11-17H2,1-2H3;(H,6,7). The molecule has 14 heteroatoms. The van der Waals surface area contributed by atoms with E-state index in [1.165, 1.54) is 4.31 Å². The van der Waals surface area contributed by atoms with Crippen LogP contribution in [0.1, 0.15) is 26.7 Å². The number of ether oxygens (including phenoxy) is 1. The Morgan fingerprint density at radius 2 is 1.73 bits per heavy atom. The first-order valence-electron chi connectivity index (χ1n) is 12.2. The molecular formula is C23H35F3N4O6S. The van der Waals surface area contributed by atoms with Crippen molar-refractivity contribution in [3.63, 3.8) is 0 Å². The Kier molecular flexibility index (Phi) is 11.6. The summed E-state index contributed by atoms with van der Waals surface area (Å²) in [7, 11) is -3.80. The van der Waals surface area contributed by atoms with Crippen molar-refractivity contribution < 1.29 is 41.0 Å². The van der Waals surface area contributed by atoms with E-state index in [9.17, 15) is 26.4 Å². The molecule has 0 saturated carbocycles. The summed E-state index contributed by atoms with van der Waals surface area (Å²) in [6.45, 7) is 9.27. The van der Waals surface area contributed by atoms with Crippen molar-refractivity contribution in [1.82, 2.24) is 19.4 Å². The van der Waals surface area contributed by atoms with Crippen LogP contribution >= 0.6 is 0 Å². The topological polar surface area (TPSA) is 119 Å². The Morgan fingerprint density at radius 3 is 2.24 bits per heavy atom. The predicted molar refractivity (Wildman–Crippen MR) is 130 cm³/mol. The Labute approximate surface area is 215 Å². The normalized spacial score (nSPS) is 18.9. The minimum Gasteiger partial charge on any atom is -0.494 e. The molecule has 0 bridgehead atoms. The number of rotatable bonds is 9. The molecule has 2 aliphatic heterocycles. The van der Waals surface area contributed by atoms with Gasteiger partial charge in [-0.15, -0.1) is 0 Å². The van der Waals surface area contributed by atoms with E-state index < -0.39 is 22.2 Å². The summed E-state index contributed by atoms with van der Waals surface area (Å²) in [6.07, 6.45) is -3.08. The lowest BCUT2D eigenvalue weighted by Crippen LogP contribution is -2.52. The SMILES string of the molecule is CCOc1ccc(S(=O)(=O)N(CC(=O)N2CCNCC2)CC2CCCN2CC)cc1.O=C(O)C(F)(F)F. The number of carbonyl (C=O) groups is 2. The molecule has 2 fully saturated rings. The fourth-order valence-electron chi connectivity index (χ4n) is 4.19. The number of likely N-dealkylation sites (N-methyl/N-ethyl adjacent to an activating group) is 1. The van der Waals surface area contributed by atoms with Gasteiger partial charge in [0, 0.05) is 38.8 Å². The van der Waals surface area contributed by atoms with Crippen LogP contribution in [0.5, 0.6) is 5.75 Å². The maximum atomic E-state index is 13.5. The van der Waals surface area contributed by atoms with E-state index in [4.69, 9.17) is 14.6 Å². The fourth-order valence-corrected chi connectivity index (χ4v) is 5.62. The molecule has 210 valence electrons. The number of benzene rings is 1. The molecule has 2 saturated heterocycles. The number of aliphatic carboxylic acids is 1. The number of alkyl halides is 3. The molecule has 1 amide bonds. The zero-order chi connectivity index (χ0) is 27.6. The van der Waals surface area contributed by atoms with E-state index >= 15 is 0 Å². The largest absolute Gasteiger partial charge is 0.494 e. The summed E-state index contributed by atoms with van der Waals surface area (Å²) in [5.74, 6) is -2.26. The molecule has 1 aromatic rings. The number of halogens is 3. The van der Waals surface area contributed by atoms with Crippen LogP contribution in [0.3, 0.4) is 0 Å². The molecule has 37 heavy (non-hydrogen) atoms. The van der Waals surface area contributed by atoms with Crippen molar-refractivity contribution in [3.05, 3.63) is 24.3 Å². The number of nitrogens with zero attached hydrogens (tertiary/aromatic N) is 3. The van der Waals surface area contributed by atoms with Crippen molar-refractivity contribution in [2.45, 2.75) is 43.8 Å². The van der Waals surface area contributed by atoms with Crippen molar-refractivity contribution in [2.75, 3.05) is 59.0 Å². The Balaban J connectivity index is 0.000000604. The summed E-state index contributed by atoms with van der Waals surface area (Å²) in [5.41, 5.74) is 0. The molecule has 2 heterocycles. The van der Waals surface area contributed by atoms with Crippen molar-refractivity contribution in [1.29, 1.82) is 0 Å². The lowest BCUT2D eigenvalue weighted by molar-refractivity contribution is -0.192. The van der Waals surface area contributed by atoms with Crippen molar-refractivity contribution >= 4 is 21.9 Å². The second kappa shape index (κ2) is 13.9. The molecule has 10 nitrogen and oxygen atoms in total. The van der Waals surface area contributed by atoms with Gasteiger partial charge in [0.2, 0.25) is 15.9 Å². The summed E-state index contributed by atoms with van der Waals surface area (Å²) in [4.78, 5) is 26.1. The molecule has 2 aliphatic rings. The van der Waals surface area contributed by atoms with Crippen LogP contribution in [0.2, 0.25) is 0 Å². The first-order chi connectivity index (χ1) is 17.4. The average Bonchev–Trinajstić information content (AvgIpc) is 3.31. The number of hydrogen-bond donors (Lipinski definition) is 2. The molecule has 0 aromatic heterocycles. The number of likely N-dealkylation sites (tertiary alicyclic amines) is 1. The number of amides is 1. The Hall–Kier alpha value is -2.42. The monoisotopic (exact) mass is 552 g/mol. The third-order valence-electron chi connectivity index (χ3n) is 6.12. The van der Waals surface area contributed by atoms with Crippen LogP contribution in [0, 0.1) is 0 Å². The van der Waals surface area contributed by atoms with Gasteiger partial charge in [0.05, 0.1) is 18.0 Å². The smallest absolute Gasteiger partial charge is 0.490 e. The van der Waals surface area contributed by atoms with Gasteiger partial charge in [0.1, 0.15) is 5.75 Å². The quantitative estimate of drug-likeness (QED) is 0.475. The number of carboxylic acids is 1. The van der Waals surface area contributed by atoms with E-state index in [1.807, 2.05) is 6.92 Å². The van der Waals surface area contributed by atoms with Gasteiger partial charge >= 0.3 is 12.1 Å². The summed E-state index contributed by atoms with van der Waals surface area (Å²) in [6, 6.07) is 6.61. The van der Waals surface area contributed by atoms with Gasteiger partial charge in [-0.1, -0.05) is 6.92 Å². The number of nitrogens with one attached hydrogen (secondary N) is 1. The Morgan fingerprint density at radius 1 is 1.14 bits per heavy atom. The van der Waals surface area contributed by atoms with E-state index in [0.717, 1.165) is 39.0 Å². The van der Waals surface area contributed by atoms with Crippen LogP contribution in [0.4, 0.5) is 13.2 Å². The fraction of sp³-hybridized carbons (Fsp3) is 0.652. The molecule has 3 rings (SSSR count). The van der Waals surface area contributed by atoms with Gasteiger partial charge in [-0.3, -0.25) is 9.69 Å². The number of sulfonamides is 1. The van der Waals surface area contributed by atoms with E-state index in [-0.39, 0.29) is 23.4 Å². The highest BCUT2D eigenvalue weighted by atomic mass is 32.2. The second-order valence-electron chi connectivity index (χ2n) is 8.56. The number of carboxylic acid groups (broad SMARTS) is 1. The van der Waals surface area contributed by atoms with E-state index in [0.29, 0.717) is 32.0 Å². The highest BCUT2D eigenvalue weighted by Crippen LogP contribution is 2.24. The molecular weight excluding hydrogens is 517 g/mol. The number of piperazine rings is 1. The van der Waals surface area contributed by atoms with Gasteiger partial charge in [0.25, 0.3) is 0 Å². The van der Waals surface area contributed by atoms with Crippen LogP contribution in [0.15, 0.2) is 29.2 Å². The summed E-state index contributed by atoms with van der Waals surface area (Å²) in [5, 5.41) is 10.3. The van der Waals surface area contributed by atoms with Crippen LogP contribution in [-0.2, 0) is 19.6 Å². The summed E-state index contributed by atoms with van der Waals surface area (Å²) >= 11 is 0. The minimum absolute atomic E-state index is 0.121. The Bertz CT molecular complexity index is 985. The zero-order valence-corrected chi connectivity index (χ0v) is 21.9. The van der Waals surface area contributed by atoms with Crippen molar-refractivity contribution in [2.24, 2.45) is 0 Å². The number of hydrogen-bond acceptors (Lipinski definition) is 7. The minimum atomic E-state index is -5.08. The van der Waals surface area contributed by atoms with Crippen molar-refractivity contribution in [3.8, 4) is 5.75 Å². The third kappa shape index (κ3) is 9.13. The molecule has 1 aromatic carbocycles. The molecule has 1 unspecified atom stereocenters. The third-order valence-corrected chi connectivity index (χ3v) is 7.94. The zero-order valence-electron chi connectivity index (χ0n) is 21.0. The van der Waals surface area contributed by atoms with Gasteiger partial charge in [-0.2, -0.15) is 17.5 Å². The lowest BCUT2D eigenvalue weighted by Gasteiger charge is -2.32. The first-order valence-corrected chi connectivity index (χ1v) is 13.6. The second-order valence-corrected chi connectivity index (χ2v) is 10.5. The predicted octanol–water partition coefficient (Wildman–Crippen LogP) is 1.63. The summed E-state index contributed by atoms with van der Waals surface area (Å²) < 4.78 is 65.5. The average molecular weight is 553 g/mol. The molecule has 0 aliphatic carbocycles. The highest BCUT2D eigenvalue weighted by Gasteiger charge is 2.38. The molecule has 0 spiro atoms. The lowest BCUT2D eigenvalue weighted by atomic mass is 10.2. The van der Waals surface area contributed by atoms with Crippen LogP contribution in [0.25, 0.3) is 0 Å². The van der Waals surface area contributed by atoms with Gasteiger partial charge in [-0.05, 0) is 57.1 Å².